The zero-order chi connectivity index (χ0) is 21.5. The Morgan fingerprint density at radius 3 is 2.23 bits per heavy atom. The minimum absolute atomic E-state index is 0.179. The van der Waals surface area contributed by atoms with Crippen molar-refractivity contribution in [2.45, 2.75) is 27.4 Å². The summed E-state index contributed by atoms with van der Waals surface area (Å²) in [5, 5.41) is 2.97. The molecule has 0 atom stereocenters. The second-order valence-corrected chi connectivity index (χ2v) is 7.03. The molecule has 0 spiro atoms. The third-order valence-electron chi connectivity index (χ3n) is 4.55. The molecule has 1 amide bonds. The zero-order valence-electron chi connectivity index (χ0n) is 17.8. The van der Waals surface area contributed by atoms with E-state index in [1.54, 1.807) is 25.3 Å². The summed E-state index contributed by atoms with van der Waals surface area (Å²) in [4.78, 5) is 12.8. The highest BCUT2D eigenvalue weighted by atomic mass is 16.5. The first-order valence-electron chi connectivity index (χ1n) is 9.91. The molecule has 3 rings (SSSR count). The molecule has 0 aliphatic heterocycles. The van der Waals surface area contributed by atoms with Crippen LogP contribution in [0.2, 0.25) is 0 Å². The van der Waals surface area contributed by atoms with E-state index in [2.05, 4.69) is 11.4 Å². The van der Waals surface area contributed by atoms with Crippen LogP contribution in [-0.4, -0.2) is 19.6 Å². The lowest BCUT2D eigenvalue weighted by Gasteiger charge is -2.15. The van der Waals surface area contributed by atoms with Gasteiger partial charge in [-0.05, 0) is 74.4 Å². The Kier molecular flexibility index (Phi) is 6.96. The van der Waals surface area contributed by atoms with E-state index < -0.39 is 0 Å². The number of para-hydroxylation sites is 2. The van der Waals surface area contributed by atoms with E-state index in [-0.39, 0.29) is 12.5 Å². The average molecular weight is 405 g/mol. The number of carbonyl (C=O) groups is 1. The van der Waals surface area contributed by atoms with Gasteiger partial charge in [0.1, 0.15) is 12.4 Å². The van der Waals surface area contributed by atoms with Crippen LogP contribution in [-0.2, 0) is 6.61 Å². The van der Waals surface area contributed by atoms with Crippen LogP contribution in [0.1, 0.15) is 34.0 Å². The van der Waals surface area contributed by atoms with Gasteiger partial charge in [-0.15, -0.1) is 0 Å². The van der Waals surface area contributed by atoms with Crippen molar-refractivity contribution in [3.63, 3.8) is 0 Å². The van der Waals surface area contributed by atoms with Gasteiger partial charge in [-0.2, -0.15) is 0 Å². The summed E-state index contributed by atoms with van der Waals surface area (Å²) in [6, 6.07) is 18.8. The minimum atomic E-state index is -0.179. The highest BCUT2D eigenvalue weighted by Crippen LogP contribution is 2.29. The van der Waals surface area contributed by atoms with Gasteiger partial charge in [0.2, 0.25) is 0 Å². The maximum atomic E-state index is 12.8. The van der Waals surface area contributed by atoms with Crippen LogP contribution < -0.4 is 19.5 Å². The molecule has 1 N–H and O–H groups in total. The Hall–Kier alpha value is -3.47. The summed E-state index contributed by atoms with van der Waals surface area (Å²) in [6.45, 7) is 6.71. The monoisotopic (exact) mass is 405 g/mol. The summed E-state index contributed by atoms with van der Waals surface area (Å²) < 4.78 is 17.0. The van der Waals surface area contributed by atoms with E-state index in [1.807, 2.05) is 57.2 Å². The van der Waals surface area contributed by atoms with E-state index in [4.69, 9.17) is 14.2 Å². The van der Waals surface area contributed by atoms with Crippen LogP contribution in [0.3, 0.4) is 0 Å². The topological polar surface area (TPSA) is 56.8 Å². The summed E-state index contributed by atoms with van der Waals surface area (Å²) >= 11 is 0. The number of nitrogens with one attached hydrogen (secondary N) is 1. The molecule has 0 aliphatic rings. The number of benzene rings is 3. The molecule has 30 heavy (non-hydrogen) atoms. The number of methoxy groups -OCH3 is 1. The normalized spacial score (nSPS) is 10.4. The van der Waals surface area contributed by atoms with Gasteiger partial charge in [-0.3, -0.25) is 4.79 Å². The van der Waals surface area contributed by atoms with Crippen molar-refractivity contribution >= 4 is 11.6 Å². The van der Waals surface area contributed by atoms with Gasteiger partial charge in [-0.25, -0.2) is 0 Å². The number of amides is 1. The molecule has 0 unspecified atom stereocenters. The predicted molar refractivity (Wildman–Crippen MR) is 119 cm³/mol. The van der Waals surface area contributed by atoms with Gasteiger partial charge in [0.05, 0.1) is 13.7 Å². The third-order valence-corrected chi connectivity index (χ3v) is 4.55. The standard InChI is InChI=1S/C25H27NO4/c1-5-29-22-11-10-19(25(27)26-21-13-17(2)12-18(3)14-21)15-20(22)16-30-24-9-7-6-8-23(24)28-4/h6-15H,5,16H2,1-4H3,(H,26,27). The average Bonchev–Trinajstić information content (AvgIpc) is 2.72. The van der Waals surface area contributed by atoms with Gasteiger partial charge in [-0.1, -0.05) is 18.2 Å². The smallest absolute Gasteiger partial charge is 0.255 e. The molecule has 0 bridgehead atoms. The minimum Gasteiger partial charge on any atom is -0.493 e. The Bertz CT molecular complexity index is 1010. The fourth-order valence-corrected chi connectivity index (χ4v) is 3.27. The largest absolute Gasteiger partial charge is 0.493 e. The van der Waals surface area contributed by atoms with Crippen LogP contribution in [0.5, 0.6) is 17.2 Å². The lowest BCUT2D eigenvalue weighted by Crippen LogP contribution is -2.13. The number of anilines is 1. The van der Waals surface area contributed by atoms with Crippen molar-refractivity contribution in [2.24, 2.45) is 0 Å². The molecule has 0 radical (unpaired) electrons. The molecule has 3 aromatic carbocycles. The molecule has 0 aromatic heterocycles. The van der Waals surface area contributed by atoms with E-state index in [0.717, 1.165) is 22.4 Å². The number of hydrogen-bond acceptors (Lipinski definition) is 4. The van der Waals surface area contributed by atoms with E-state index >= 15 is 0 Å². The van der Waals surface area contributed by atoms with Gasteiger partial charge < -0.3 is 19.5 Å². The molecular weight excluding hydrogens is 378 g/mol. The SMILES string of the molecule is CCOc1ccc(C(=O)Nc2cc(C)cc(C)c2)cc1COc1ccccc1OC. The van der Waals surface area contributed by atoms with E-state index in [9.17, 15) is 4.79 Å². The number of hydrogen-bond donors (Lipinski definition) is 1. The maximum Gasteiger partial charge on any atom is 0.255 e. The van der Waals surface area contributed by atoms with Crippen LogP contribution in [0, 0.1) is 13.8 Å². The molecule has 0 saturated carbocycles. The Balaban J connectivity index is 1.81. The van der Waals surface area contributed by atoms with Gasteiger partial charge >= 0.3 is 0 Å². The number of ether oxygens (including phenoxy) is 3. The van der Waals surface area contributed by atoms with Crippen LogP contribution in [0.15, 0.2) is 60.7 Å². The van der Waals surface area contributed by atoms with Gasteiger partial charge in [0.15, 0.2) is 11.5 Å². The fraction of sp³-hybridized carbons (Fsp3) is 0.240. The molecule has 156 valence electrons. The van der Waals surface area contributed by atoms with Crippen LogP contribution in [0.25, 0.3) is 0 Å². The molecule has 5 nitrogen and oxygen atoms in total. The van der Waals surface area contributed by atoms with Gasteiger partial charge in [0.25, 0.3) is 5.91 Å². The number of carbonyl (C=O) groups excluding carboxylic acids is 1. The highest BCUT2D eigenvalue weighted by Gasteiger charge is 2.13. The Morgan fingerprint density at radius 1 is 0.867 bits per heavy atom. The second-order valence-electron chi connectivity index (χ2n) is 7.03. The molecule has 0 aliphatic carbocycles. The molecule has 0 saturated heterocycles. The van der Waals surface area contributed by atoms with Crippen molar-refractivity contribution in [3.8, 4) is 17.2 Å². The van der Waals surface area contributed by atoms with Crippen molar-refractivity contribution in [3.05, 3.63) is 82.9 Å². The molecule has 0 heterocycles. The molecule has 5 heteroatoms. The summed E-state index contributed by atoms with van der Waals surface area (Å²) in [5.41, 5.74) is 4.30. The predicted octanol–water partition coefficient (Wildman–Crippen LogP) is 5.54. The summed E-state index contributed by atoms with van der Waals surface area (Å²) in [7, 11) is 1.60. The number of rotatable bonds is 8. The first kappa shape index (κ1) is 21.2. The lowest BCUT2D eigenvalue weighted by atomic mass is 10.1. The molecular formula is C25H27NO4. The highest BCUT2D eigenvalue weighted by molar-refractivity contribution is 6.04. The quantitative estimate of drug-likeness (QED) is 0.534. The van der Waals surface area contributed by atoms with Crippen LogP contribution >= 0.6 is 0 Å². The fourth-order valence-electron chi connectivity index (χ4n) is 3.27. The zero-order valence-corrected chi connectivity index (χ0v) is 17.8. The molecule has 0 fully saturated rings. The van der Waals surface area contributed by atoms with E-state index in [0.29, 0.717) is 29.4 Å². The van der Waals surface area contributed by atoms with E-state index in [1.165, 1.54) is 0 Å². The Labute approximate surface area is 177 Å². The first-order valence-corrected chi connectivity index (χ1v) is 9.91. The van der Waals surface area contributed by atoms with Crippen LogP contribution in [0.4, 0.5) is 5.69 Å². The number of aryl methyl sites for hydroxylation is 2. The first-order chi connectivity index (χ1) is 14.5. The maximum absolute atomic E-state index is 12.8. The second kappa shape index (κ2) is 9.83. The lowest BCUT2D eigenvalue weighted by molar-refractivity contribution is 0.102. The molecule has 3 aromatic rings. The third kappa shape index (κ3) is 5.32. The van der Waals surface area contributed by atoms with Crippen molar-refractivity contribution in [2.75, 3.05) is 19.0 Å². The summed E-state index contributed by atoms with van der Waals surface area (Å²) in [5.74, 6) is 1.80. The van der Waals surface area contributed by atoms with Crippen molar-refractivity contribution < 1.29 is 19.0 Å². The van der Waals surface area contributed by atoms with Gasteiger partial charge in [0, 0.05) is 16.8 Å². The van der Waals surface area contributed by atoms with Crippen molar-refractivity contribution in [1.29, 1.82) is 0 Å². The summed E-state index contributed by atoms with van der Waals surface area (Å²) in [6.07, 6.45) is 0. The van der Waals surface area contributed by atoms with Crippen molar-refractivity contribution in [1.82, 2.24) is 0 Å². The Morgan fingerprint density at radius 2 is 1.57 bits per heavy atom.